The fourth-order valence-corrected chi connectivity index (χ4v) is 3.19. The summed E-state index contributed by atoms with van der Waals surface area (Å²) in [5.41, 5.74) is 4.43. The normalized spacial score (nSPS) is 12.2. The van der Waals surface area contributed by atoms with E-state index in [1.165, 1.54) is 5.56 Å². The molecule has 0 aliphatic carbocycles. The van der Waals surface area contributed by atoms with Crippen molar-refractivity contribution in [2.24, 2.45) is 0 Å². The van der Waals surface area contributed by atoms with Gasteiger partial charge in [0.15, 0.2) is 0 Å². The van der Waals surface area contributed by atoms with Crippen molar-refractivity contribution in [2.45, 2.75) is 12.3 Å². The highest BCUT2D eigenvalue weighted by Crippen LogP contribution is 2.29. The van der Waals surface area contributed by atoms with Gasteiger partial charge in [-0.25, -0.2) is 0 Å². The predicted octanol–water partition coefficient (Wildman–Crippen LogP) is 5.46. The molecule has 0 unspecified atom stereocenters. The van der Waals surface area contributed by atoms with E-state index in [0.29, 0.717) is 0 Å². The number of nitrogens with one attached hydrogen (secondary N) is 1. The summed E-state index contributed by atoms with van der Waals surface area (Å²) in [5, 5.41) is 4.63. The van der Waals surface area contributed by atoms with Gasteiger partial charge in [0.1, 0.15) is 5.58 Å². The van der Waals surface area contributed by atoms with Gasteiger partial charge in [0.2, 0.25) is 0 Å². The van der Waals surface area contributed by atoms with Crippen LogP contribution >= 0.6 is 0 Å². The summed E-state index contributed by atoms with van der Waals surface area (Å²) in [4.78, 5) is 4.60. The highest BCUT2D eigenvalue weighted by molar-refractivity contribution is 5.78. The average molecular weight is 328 g/mol. The molecule has 2 aromatic carbocycles. The van der Waals surface area contributed by atoms with Crippen LogP contribution in [0.3, 0.4) is 0 Å². The van der Waals surface area contributed by atoms with Crippen LogP contribution in [0, 0.1) is 0 Å². The highest BCUT2D eigenvalue weighted by Gasteiger charge is 2.16. The SMILES string of the molecule is c1ccc(NCC[C@H](c2ccc3occc3c2)c2ccccn2)cc1. The van der Waals surface area contributed by atoms with Gasteiger partial charge in [-0.1, -0.05) is 30.3 Å². The summed E-state index contributed by atoms with van der Waals surface area (Å²) in [6, 6.07) is 24.8. The molecular weight excluding hydrogens is 308 g/mol. The molecule has 0 saturated carbocycles. The zero-order valence-corrected chi connectivity index (χ0v) is 13.9. The molecule has 0 aliphatic rings. The van der Waals surface area contributed by atoms with Crippen LogP contribution in [0.15, 0.2) is 89.7 Å². The number of nitrogens with zero attached hydrogens (tertiary/aromatic N) is 1. The molecule has 1 N–H and O–H groups in total. The van der Waals surface area contributed by atoms with Crippen LogP contribution in [0.1, 0.15) is 23.6 Å². The van der Waals surface area contributed by atoms with Crippen LogP contribution in [0.5, 0.6) is 0 Å². The van der Waals surface area contributed by atoms with Crippen molar-refractivity contribution in [3.8, 4) is 0 Å². The molecule has 2 heterocycles. The van der Waals surface area contributed by atoms with Gasteiger partial charge in [-0.05, 0) is 54.4 Å². The Hall–Kier alpha value is -3.07. The third kappa shape index (κ3) is 3.56. The zero-order valence-electron chi connectivity index (χ0n) is 13.9. The van der Waals surface area contributed by atoms with Crippen LogP contribution in [0.4, 0.5) is 5.69 Å². The lowest BCUT2D eigenvalue weighted by atomic mass is 9.91. The van der Waals surface area contributed by atoms with Gasteiger partial charge in [-0.3, -0.25) is 4.98 Å². The van der Waals surface area contributed by atoms with Gasteiger partial charge in [0.25, 0.3) is 0 Å². The minimum Gasteiger partial charge on any atom is -0.464 e. The smallest absolute Gasteiger partial charge is 0.133 e. The van der Waals surface area contributed by atoms with Crippen molar-refractivity contribution in [1.29, 1.82) is 0 Å². The second-order valence-electron chi connectivity index (χ2n) is 6.11. The van der Waals surface area contributed by atoms with E-state index in [1.807, 2.05) is 42.6 Å². The minimum absolute atomic E-state index is 0.247. The first-order chi connectivity index (χ1) is 12.4. The third-order valence-corrected chi connectivity index (χ3v) is 4.46. The van der Waals surface area contributed by atoms with Crippen molar-refractivity contribution in [3.05, 3.63) is 96.5 Å². The zero-order chi connectivity index (χ0) is 16.9. The van der Waals surface area contributed by atoms with Crippen LogP contribution < -0.4 is 5.32 Å². The van der Waals surface area contributed by atoms with Crippen molar-refractivity contribution >= 4 is 16.7 Å². The van der Waals surface area contributed by atoms with Crippen molar-refractivity contribution in [1.82, 2.24) is 4.98 Å². The Morgan fingerprint density at radius 1 is 0.920 bits per heavy atom. The minimum atomic E-state index is 0.247. The van der Waals surface area contributed by atoms with E-state index in [1.54, 1.807) is 6.26 Å². The summed E-state index contributed by atoms with van der Waals surface area (Å²) >= 11 is 0. The molecule has 3 nitrogen and oxygen atoms in total. The Balaban J connectivity index is 1.58. The van der Waals surface area contributed by atoms with Crippen LogP contribution in [-0.4, -0.2) is 11.5 Å². The molecule has 2 aromatic heterocycles. The van der Waals surface area contributed by atoms with E-state index >= 15 is 0 Å². The molecule has 4 aromatic rings. The number of aromatic nitrogens is 1. The molecule has 0 amide bonds. The van der Waals surface area contributed by atoms with Gasteiger partial charge >= 0.3 is 0 Å². The highest BCUT2D eigenvalue weighted by atomic mass is 16.3. The molecule has 0 saturated heterocycles. The molecule has 0 fully saturated rings. The van der Waals surface area contributed by atoms with Crippen LogP contribution in [0.2, 0.25) is 0 Å². The topological polar surface area (TPSA) is 38.1 Å². The predicted molar refractivity (Wildman–Crippen MR) is 102 cm³/mol. The lowest BCUT2D eigenvalue weighted by Gasteiger charge is -2.18. The Morgan fingerprint density at radius 2 is 1.80 bits per heavy atom. The van der Waals surface area contributed by atoms with Crippen molar-refractivity contribution in [3.63, 3.8) is 0 Å². The van der Waals surface area contributed by atoms with Crippen molar-refractivity contribution < 1.29 is 4.42 Å². The molecule has 4 rings (SSSR count). The Morgan fingerprint density at radius 3 is 2.64 bits per heavy atom. The largest absolute Gasteiger partial charge is 0.464 e. The average Bonchev–Trinajstić information content (AvgIpc) is 3.14. The number of para-hydroxylation sites is 1. The van der Waals surface area contributed by atoms with Gasteiger partial charge in [0, 0.05) is 35.4 Å². The van der Waals surface area contributed by atoms with E-state index in [0.717, 1.165) is 35.3 Å². The number of hydrogen-bond donors (Lipinski definition) is 1. The first-order valence-electron chi connectivity index (χ1n) is 8.57. The third-order valence-electron chi connectivity index (χ3n) is 4.46. The molecule has 3 heteroatoms. The standard InChI is InChI=1S/C22H20N2O/c1-2-6-19(7-3-1)23-14-11-20(21-8-4-5-13-24-21)17-9-10-22-18(16-17)12-15-25-22/h1-10,12-13,15-16,20,23H,11,14H2/t20-/m1/s1. The summed E-state index contributed by atoms with van der Waals surface area (Å²) in [6.07, 6.45) is 4.57. The summed E-state index contributed by atoms with van der Waals surface area (Å²) < 4.78 is 5.47. The summed E-state index contributed by atoms with van der Waals surface area (Å²) in [6.45, 7) is 0.884. The first kappa shape index (κ1) is 15.5. The summed E-state index contributed by atoms with van der Waals surface area (Å²) in [7, 11) is 0. The number of anilines is 1. The molecule has 0 spiro atoms. The molecule has 124 valence electrons. The molecule has 0 bridgehead atoms. The van der Waals surface area contributed by atoms with E-state index in [2.05, 4.69) is 46.7 Å². The Bertz CT molecular complexity index is 932. The van der Waals surface area contributed by atoms with Crippen LogP contribution in [-0.2, 0) is 0 Å². The van der Waals surface area contributed by atoms with E-state index < -0.39 is 0 Å². The number of furan rings is 1. The lowest BCUT2D eigenvalue weighted by molar-refractivity contribution is 0.615. The fourth-order valence-electron chi connectivity index (χ4n) is 3.19. The number of rotatable bonds is 6. The monoisotopic (exact) mass is 328 g/mol. The molecule has 0 aliphatic heterocycles. The maximum atomic E-state index is 5.47. The maximum Gasteiger partial charge on any atom is 0.133 e. The van der Waals surface area contributed by atoms with E-state index in [-0.39, 0.29) is 5.92 Å². The number of hydrogen-bond acceptors (Lipinski definition) is 3. The first-order valence-corrected chi connectivity index (χ1v) is 8.57. The van der Waals surface area contributed by atoms with Gasteiger partial charge in [-0.15, -0.1) is 0 Å². The second kappa shape index (κ2) is 7.22. The Labute approximate surface area is 147 Å². The Kier molecular flexibility index (Phi) is 4.46. The quantitative estimate of drug-likeness (QED) is 0.510. The number of benzene rings is 2. The molecule has 25 heavy (non-hydrogen) atoms. The molecule has 1 atom stereocenters. The fraction of sp³-hybridized carbons (Fsp3) is 0.136. The lowest BCUT2D eigenvalue weighted by Crippen LogP contribution is -2.10. The van der Waals surface area contributed by atoms with Gasteiger partial charge in [0.05, 0.1) is 6.26 Å². The number of fused-ring (bicyclic) bond motifs is 1. The van der Waals surface area contributed by atoms with Gasteiger partial charge < -0.3 is 9.73 Å². The molecular formula is C22H20N2O. The summed E-state index contributed by atoms with van der Waals surface area (Å²) in [5.74, 6) is 0.247. The van der Waals surface area contributed by atoms with Crippen LogP contribution in [0.25, 0.3) is 11.0 Å². The number of pyridine rings is 1. The maximum absolute atomic E-state index is 5.47. The van der Waals surface area contributed by atoms with E-state index in [4.69, 9.17) is 4.42 Å². The van der Waals surface area contributed by atoms with Crippen molar-refractivity contribution in [2.75, 3.05) is 11.9 Å². The molecule has 0 radical (unpaired) electrons. The van der Waals surface area contributed by atoms with Gasteiger partial charge in [-0.2, -0.15) is 0 Å². The van der Waals surface area contributed by atoms with E-state index in [9.17, 15) is 0 Å². The second-order valence-corrected chi connectivity index (χ2v) is 6.11.